The average Bonchev–Trinajstić information content (AvgIpc) is 2.35. The van der Waals surface area contributed by atoms with Crippen molar-refractivity contribution in [3.8, 4) is 0 Å². The van der Waals surface area contributed by atoms with Crippen LogP contribution in [-0.2, 0) is 4.79 Å². The third-order valence-electron chi connectivity index (χ3n) is 2.76. The second-order valence-corrected chi connectivity index (χ2v) is 3.97. The van der Waals surface area contributed by atoms with Crippen LogP contribution in [0.3, 0.4) is 0 Å². The lowest BCUT2D eigenvalue weighted by molar-refractivity contribution is -0.132. The van der Waals surface area contributed by atoms with E-state index < -0.39 is 12.0 Å². The van der Waals surface area contributed by atoms with Crippen LogP contribution in [0.15, 0.2) is 59.4 Å². The van der Waals surface area contributed by atoms with E-state index in [-0.39, 0.29) is 11.3 Å². The lowest BCUT2D eigenvalue weighted by atomic mass is 9.91. The molecule has 4 nitrogen and oxygen atoms in total. The second-order valence-electron chi connectivity index (χ2n) is 3.97. The van der Waals surface area contributed by atoms with E-state index in [0.29, 0.717) is 5.57 Å². The summed E-state index contributed by atoms with van der Waals surface area (Å²) in [5.41, 5.74) is 7.17. The first-order valence-corrected chi connectivity index (χ1v) is 5.46. The molecule has 1 aliphatic rings. The third kappa shape index (κ3) is 2.33. The maximum absolute atomic E-state index is 11.0. The van der Waals surface area contributed by atoms with E-state index in [1.54, 1.807) is 6.08 Å². The molecule has 0 aromatic heterocycles. The Morgan fingerprint density at radius 3 is 2.50 bits per heavy atom. The summed E-state index contributed by atoms with van der Waals surface area (Å²) in [5.74, 6) is -1.08. The molecule has 1 atom stereocenters. The standard InChI is InChI=1S/C14H13NO3/c15-13-10(14(17)18)6-7-12(16)11(13)8-9-4-2-1-3-5-9/h1-8,13,16H,15H2,(H,17,18). The Kier molecular flexibility index (Phi) is 3.30. The summed E-state index contributed by atoms with van der Waals surface area (Å²) >= 11 is 0. The molecule has 0 bridgehead atoms. The Morgan fingerprint density at radius 1 is 1.22 bits per heavy atom. The highest BCUT2D eigenvalue weighted by molar-refractivity contribution is 5.91. The van der Waals surface area contributed by atoms with Crippen molar-refractivity contribution >= 4 is 12.0 Å². The Balaban J connectivity index is 2.41. The number of carbonyl (C=O) groups is 1. The van der Waals surface area contributed by atoms with Crippen molar-refractivity contribution in [1.82, 2.24) is 0 Å². The molecule has 0 heterocycles. The average molecular weight is 243 g/mol. The van der Waals surface area contributed by atoms with Crippen LogP contribution >= 0.6 is 0 Å². The predicted molar refractivity (Wildman–Crippen MR) is 68.8 cm³/mol. The molecule has 0 saturated carbocycles. The highest BCUT2D eigenvalue weighted by Crippen LogP contribution is 2.24. The molecule has 92 valence electrons. The van der Waals surface area contributed by atoms with Gasteiger partial charge in [0.25, 0.3) is 0 Å². The minimum absolute atomic E-state index is 0.00338. The summed E-state index contributed by atoms with van der Waals surface area (Å²) in [4.78, 5) is 11.0. The molecule has 0 aliphatic heterocycles. The molecule has 18 heavy (non-hydrogen) atoms. The predicted octanol–water partition coefficient (Wildman–Crippen LogP) is 1.86. The molecular weight excluding hydrogens is 230 g/mol. The van der Waals surface area contributed by atoms with Gasteiger partial charge in [-0.1, -0.05) is 30.3 Å². The van der Waals surface area contributed by atoms with Gasteiger partial charge in [0.15, 0.2) is 0 Å². The Hall–Kier alpha value is -2.33. The van der Waals surface area contributed by atoms with Crippen LogP contribution < -0.4 is 5.73 Å². The number of aliphatic hydroxyl groups is 1. The normalized spacial score (nSPS) is 21.4. The summed E-state index contributed by atoms with van der Waals surface area (Å²) in [6.07, 6.45) is 4.36. The molecule has 0 saturated heterocycles. The molecule has 1 unspecified atom stereocenters. The van der Waals surface area contributed by atoms with Gasteiger partial charge in [0.2, 0.25) is 0 Å². The molecule has 4 N–H and O–H groups in total. The van der Waals surface area contributed by atoms with Crippen molar-refractivity contribution in [1.29, 1.82) is 0 Å². The van der Waals surface area contributed by atoms with Crippen LogP contribution in [0.1, 0.15) is 5.56 Å². The van der Waals surface area contributed by atoms with Crippen LogP contribution in [0.2, 0.25) is 0 Å². The molecule has 0 spiro atoms. The van der Waals surface area contributed by atoms with E-state index in [9.17, 15) is 9.90 Å². The van der Waals surface area contributed by atoms with Crippen molar-refractivity contribution in [3.63, 3.8) is 0 Å². The molecule has 0 radical (unpaired) electrons. The van der Waals surface area contributed by atoms with Gasteiger partial charge in [-0.15, -0.1) is 0 Å². The van der Waals surface area contributed by atoms with Gasteiger partial charge in [-0.25, -0.2) is 4.79 Å². The van der Waals surface area contributed by atoms with Crippen LogP contribution in [0.4, 0.5) is 0 Å². The fourth-order valence-electron chi connectivity index (χ4n) is 1.79. The van der Waals surface area contributed by atoms with Crippen LogP contribution in [-0.4, -0.2) is 22.2 Å². The Bertz CT molecular complexity index is 556. The zero-order valence-electron chi connectivity index (χ0n) is 9.58. The van der Waals surface area contributed by atoms with Gasteiger partial charge in [0.1, 0.15) is 5.76 Å². The van der Waals surface area contributed by atoms with Crippen LogP contribution in [0.5, 0.6) is 0 Å². The number of aliphatic carboxylic acids is 1. The first kappa shape index (κ1) is 12.1. The molecular formula is C14H13NO3. The molecule has 0 amide bonds. The Morgan fingerprint density at radius 2 is 1.89 bits per heavy atom. The zero-order chi connectivity index (χ0) is 13.1. The summed E-state index contributed by atoms with van der Waals surface area (Å²) < 4.78 is 0. The number of nitrogens with two attached hydrogens (primary N) is 1. The van der Waals surface area contributed by atoms with Gasteiger partial charge in [-0.2, -0.15) is 0 Å². The monoisotopic (exact) mass is 243 g/mol. The SMILES string of the molecule is NC1C(C(=O)O)=CC=C(O)C1=Cc1ccccc1. The van der Waals surface area contributed by atoms with Gasteiger partial charge in [-0.05, 0) is 23.8 Å². The number of hydrogen-bond donors (Lipinski definition) is 3. The summed E-state index contributed by atoms with van der Waals surface area (Å²) in [6, 6.07) is 8.47. The van der Waals surface area contributed by atoms with Gasteiger partial charge in [-0.3, -0.25) is 0 Å². The van der Waals surface area contributed by atoms with Gasteiger partial charge >= 0.3 is 5.97 Å². The number of allylic oxidation sites excluding steroid dienone is 2. The molecule has 1 aliphatic carbocycles. The van der Waals surface area contributed by atoms with Crippen molar-refractivity contribution in [3.05, 3.63) is 65.0 Å². The molecule has 1 aromatic carbocycles. The van der Waals surface area contributed by atoms with Gasteiger partial charge in [0, 0.05) is 5.57 Å². The van der Waals surface area contributed by atoms with Crippen LogP contribution in [0.25, 0.3) is 6.08 Å². The fraction of sp³-hybridized carbons (Fsp3) is 0.0714. The smallest absolute Gasteiger partial charge is 0.333 e. The second kappa shape index (κ2) is 4.89. The highest BCUT2D eigenvalue weighted by atomic mass is 16.4. The third-order valence-corrected chi connectivity index (χ3v) is 2.76. The quantitative estimate of drug-likeness (QED) is 0.740. The summed E-state index contributed by atoms with van der Waals surface area (Å²) in [7, 11) is 0. The molecule has 2 rings (SSSR count). The molecule has 1 aromatic rings. The van der Waals surface area contributed by atoms with E-state index in [1.165, 1.54) is 12.2 Å². The van der Waals surface area contributed by atoms with E-state index in [0.717, 1.165) is 5.56 Å². The maximum Gasteiger partial charge on any atom is 0.333 e. The zero-order valence-corrected chi connectivity index (χ0v) is 9.58. The fourth-order valence-corrected chi connectivity index (χ4v) is 1.79. The van der Waals surface area contributed by atoms with E-state index >= 15 is 0 Å². The van der Waals surface area contributed by atoms with Crippen molar-refractivity contribution in [2.75, 3.05) is 0 Å². The first-order valence-electron chi connectivity index (χ1n) is 5.46. The first-order chi connectivity index (χ1) is 8.59. The minimum Gasteiger partial charge on any atom is -0.508 e. The van der Waals surface area contributed by atoms with Gasteiger partial charge < -0.3 is 15.9 Å². The van der Waals surface area contributed by atoms with Crippen LogP contribution in [0, 0.1) is 0 Å². The molecule has 0 fully saturated rings. The number of carboxylic acids is 1. The Labute approximate surface area is 104 Å². The van der Waals surface area contributed by atoms with E-state index in [4.69, 9.17) is 10.8 Å². The van der Waals surface area contributed by atoms with Crippen molar-refractivity contribution in [2.45, 2.75) is 6.04 Å². The summed E-state index contributed by atoms with van der Waals surface area (Å²) in [5, 5.41) is 18.8. The number of rotatable bonds is 2. The largest absolute Gasteiger partial charge is 0.508 e. The summed E-state index contributed by atoms with van der Waals surface area (Å²) in [6.45, 7) is 0. The lowest BCUT2D eigenvalue weighted by Crippen LogP contribution is -2.31. The minimum atomic E-state index is -1.08. The van der Waals surface area contributed by atoms with Crippen molar-refractivity contribution in [2.24, 2.45) is 5.73 Å². The van der Waals surface area contributed by atoms with Crippen molar-refractivity contribution < 1.29 is 15.0 Å². The number of aliphatic hydroxyl groups excluding tert-OH is 1. The number of carboxylic acid groups (broad SMARTS) is 1. The topological polar surface area (TPSA) is 83.6 Å². The highest BCUT2D eigenvalue weighted by Gasteiger charge is 2.25. The number of benzene rings is 1. The molecule has 4 heteroatoms. The van der Waals surface area contributed by atoms with E-state index in [2.05, 4.69) is 0 Å². The lowest BCUT2D eigenvalue weighted by Gasteiger charge is -2.19. The maximum atomic E-state index is 11.0. The van der Waals surface area contributed by atoms with E-state index in [1.807, 2.05) is 30.3 Å². The van der Waals surface area contributed by atoms with Gasteiger partial charge in [0.05, 0.1) is 11.6 Å². The number of hydrogen-bond acceptors (Lipinski definition) is 3.